The quantitative estimate of drug-likeness (QED) is 0.815. The first-order valence-corrected chi connectivity index (χ1v) is 10.5. The van der Waals surface area contributed by atoms with Crippen LogP contribution in [0.2, 0.25) is 0 Å². The largest absolute Gasteiger partial charge is 0.329 e. The predicted molar refractivity (Wildman–Crippen MR) is 99.2 cm³/mol. The van der Waals surface area contributed by atoms with Gasteiger partial charge in [-0.2, -0.15) is 4.31 Å². The van der Waals surface area contributed by atoms with E-state index in [1.54, 1.807) is 4.31 Å². The van der Waals surface area contributed by atoms with Crippen LogP contribution in [-0.2, 0) is 22.3 Å². The lowest BCUT2D eigenvalue weighted by atomic mass is 10.2. The summed E-state index contributed by atoms with van der Waals surface area (Å²) >= 11 is 3.45. The van der Waals surface area contributed by atoms with Crippen LogP contribution in [0.1, 0.15) is 11.1 Å². The highest BCUT2D eigenvalue weighted by Gasteiger charge is 2.29. The van der Waals surface area contributed by atoms with Crippen LogP contribution in [0.3, 0.4) is 0 Å². The Morgan fingerprint density at radius 3 is 2.17 bits per heavy atom. The Kier molecular flexibility index (Phi) is 5.71. The van der Waals surface area contributed by atoms with Gasteiger partial charge in [-0.1, -0.05) is 58.4 Å². The van der Waals surface area contributed by atoms with Crippen molar-refractivity contribution >= 4 is 26.0 Å². The highest BCUT2D eigenvalue weighted by molar-refractivity contribution is 9.10. The van der Waals surface area contributed by atoms with Gasteiger partial charge in [0.25, 0.3) is 0 Å². The maximum atomic E-state index is 12.6. The smallest absolute Gasteiger partial charge is 0.218 e. The van der Waals surface area contributed by atoms with Crippen LogP contribution in [-0.4, -0.2) is 38.9 Å². The molecule has 0 atom stereocenters. The summed E-state index contributed by atoms with van der Waals surface area (Å²) < 4.78 is 27.9. The van der Waals surface area contributed by atoms with Gasteiger partial charge in [0.2, 0.25) is 10.0 Å². The minimum Gasteiger partial charge on any atom is -0.329 e. The maximum Gasteiger partial charge on any atom is 0.218 e. The molecule has 0 amide bonds. The van der Waals surface area contributed by atoms with Gasteiger partial charge in [0, 0.05) is 10.0 Å². The summed E-state index contributed by atoms with van der Waals surface area (Å²) in [5.74, 6) is 0.0931. The molecule has 2 aromatic carbocycles. The fourth-order valence-electron chi connectivity index (χ4n) is 3.02. The van der Waals surface area contributed by atoms with Crippen molar-refractivity contribution in [2.75, 3.05) is 26.2 Å². The number of piperazine rings is 1. The van der Waals surface area contributed by atoms with Crippen molar-refractivity contribution < 1.29 is 13.3 Å². The maximum absolute atomic E-state index is 12.6. The molecule has 3 rings (SSSR count). The molecule has 0 radical (unpaired) electrons. The molecule has 0 unspecified atom stereocenters. The van der Waals surface area contributed by atoms with Crippen molar-refractivity contribution in [2.24, 2.45) is 0 Å². The summed E-state index contributed by atoms with van der Waals surface area (Å²) in [5.41, 5.74) is 2.14. The SMILES string of the molecule is O=S(=O)(Cc1ccccc1)N1CC[NH+](Cc2ccc(Br)cc2)CC1. The van der Waals surface area contributed by atoms with Crippen LogP contribution >= 0.6 is 15.9 Å². The number of quaternary nitrogens is 1. The molecule has 1 saturated heterocycles. The van der Waals surface area contributed by atoms with Gasteiger partial charge in [0.15, 0.2) is 0 Å². The minimum absolute atomic E-state index is 0.0931. The van der Waals surface area contributed by atoms with Crippen molar-refractivity contribution in [1.29, 1.82) is 0 Å². The molecule has 0 bridgehead atoms. The standard InChI is InChI=1S/C18H21BrN2O2S/c19-18-8-6-16(7-9-18)14-20-10-12-21(13-11-20)24(22,23)15-17-4-2-1-3-5-17/h1-9H,10-15H2/p+1. The molecule has 4 nitrogen and oxygen atoms in total. The third kappa shape index (κ3) is 4.66. The molecule has 2 aromatic rings. The first-order chi connectivity index (χ1) is 11.5. The van der Waals surface area contributed by atoms with Gasteiger partial charge in [-0.05, 0) is 17.7 Å². The topological polar surface area (TPSA) is 41.8 Å². The molecular weight excluding hydrogens is 388 g/mol. The number of sulfonamides is 1. The second-order valence-corrected chi connectivity index (χ2v) is 9.08. The Balaban J connectivity index is 1.55. The first kappa shape index (κ1) is 17.6. The van der Waals surface area contributed by atoms with E-state index >= 15 is 0 Å². The number of nitrogens with zero attached hydrogens (tertiary/aromatic N) is 1. The van der Waals surface area contributed by atoms with E-state index in [1.807, 2.05) is 30.3 Å². The highest BCUT2D eigenvalue weighted by Crippen LogP contribution is 2.12. The number of halogens is 1. The van der Waals surface area contributed by atoms with E-state index in [4.69, 9.17) is 0 Å². The molecule has 0 aliphatic carbocycles. The number of hydrogen-bond donors (Lipinski definition) is 1. The summed E-state index contributed by atoms with van der Waals surface area (Å²) in [6.07, 6.45) is 0. The lowest BCUT2D eigenvalue weighted by Gasteiger charge is -2.31. The van der Waals surface area contributed by atoms with E-state index in [0.29, 0.717) is 13.1 Å². The molecule has 1 heterocycles. The highest BCUT2D eigenvalue weighted by atomic mass is 79.9. The number of rotatable bonds is 5. The van der Waals surface area contributed by atoms with E-state index < -0.39 is 10.0 Å². The molecule has 0 saturated carbocycles. The Bertz CT molecular complexity index is 755. The van der Waals surface area contributed by atoms with Gasteiger partial charge in [0.1, 0.15) is 6.54 Å². The molecule has 6 heteroatoms. The molecule has 1 aliphatic rings. The van der Waals surface area contributed by atoms with Crippen LogP contribution in [0.25, 0.3) is 0 Å². The summed E-state index contributed by atoms with van der Waals surface area (Å²) in [4.78, 5) is 1.43. The van der Waals surface area contributed by atoms with Crippen LogP contribution in [0, 0.1) is 0 Å². The number of nitrogens with one attached hydrogen (secondary N) is 1. The molecular formula is C18H22BrN2O2S+. The fourth-order valence-corrected chi connectivity index (χ4v) is 4.82. The van der Waals surface area contributed by atoms with Gasteiger partial charge in [-0.3, -0.25) is 0 Å². The van der Waals surface area contributed by atoms with Crippen molar-refractivity contribution in [2.45, 2.75) is 12.3 Å². The molecule has 0 aromatic heterocycles. The fraction of sp³-hybridized carbons (Fsp3) is 0.333. The first-order valence-electron chi connectivity index (χ1n) is 8.13. The second kappa shape index (κ2) is 7.78. The van der Waals surface area contributed by atoms with Crippen LogP contribution in [0.4, 0.5) is 0 Å². The minimum atomic E-state index is -3.22. The zero-order valence-corrected chi connectivity index (χ0v) is 15.9. The van der Waals surface area contributed by atoms with Gasteiger partial charge >= 0.3 is 0 Å². The summed E-state index contributed by atoms with van der Waals surface area (Å²) in [6.45, 7) is 3.84. The Hall–Kier alpha value is -1.21. The zero-order valence-electron chi connectivity index (χ0n) is 13.5. The summed E-state index contributed by atoms with van der Waals surface area (Å²) in [6, 6.07) is 17.7. The number of hydrogen-bond acceptors (Lipinski definition) is 2. The molecule has 1 fully saturated rings. The van der Waals surface area contributed by atoms with Crippen LogP contribution < -0.4 is 4.90 Å². The molecule has 24 heavy (non-hydrogen) atoms. The van der Waals surface area contributed by atoms with Crippen LogP contribution in [0.15, 0.2) is 59.1 Å². The Labute approximate surface area is 152 Å². The third-order valence-corrected chi connectivity index (χ3v) is 6.76. The summed E-state index contributed by atoms with van der Waals surface area (Å²) in [7, 11) is -3.22. The van der Waals surface area contributed by atoms with E-state index in [1.165, 1.54) is 10.5 Å². The molecule has 128 valence electrons. The summed E-state index contributed by atoms with van der Waals surface area (Å²) in [5, 5.41) is 0. The van der Waals surface area contributed by atoms with Gasteiger partial charge in [-0.25, -0.2) is 8.42 Å². The Morgan fingerprint density at radius 1 is 0.917 bits per heavy atom. The van der Waals surface area contributed by atoms with Crippen molar-refractivity contribution in [3.8, 4) is 0 Å². The van der Waals surface area contributed by atoms with Crippen molar-refractivity contribution in [3.05, 3.63) is 70.2 Å². The Morgan fingerprint density at radius 2 is 1.54 bits per heavy atom. The third-order valence-electron chi connectivity index (χ3n) is 4.38. The van der Waals surface area contributed by atoms with E-state index in [9.17, 15) is 8.42 Å². The molecule has 1 N–H and O–H groups in total. The zero-order chi connectivity index (χ0) is 17.0. The lowest BCUT2D eigenvalue weighted by molar-refractivity contribution is -0.917. The van der Waals surface area contributed by atoms with Gasteiger partial charge in [0.05, 0.1) is 31.9 Å². The predicted octanol–water partition coefficient (Wildman–Crippen LogP) is 1.68. The van der Waals surface area contributed by atoms with Crippen LogP contribution in [0.5, 0.6) is 0 Å². The van der Waals surface area contributed by atoms with Gasteiger partial charge < -0.3 is 4.90 Å². The normalized spacial score (nSPS) is 17.0. The monoisotopic (exact) mass is 409 g/mol. The second-order valence-electron chi connectivity index (χ2n) is 6.19. The van der Waals surface area contributed by atoms with E-state index in [0.717, 1.165) is 29.7 Å². The van der Waals surface area contributed by atoms with Crippen molar-refractivity contribution in [3.63, 3.8) is 0 Å². The van der Waals surface area contributed by atoms with E-state index in [-0.39, 0.29) is 5.75 Å². The van der Waals surface area contributed by atoms with Crippen molar-refractivity contribution in [1.82, 2.24) is 4.31 Å². The average molecular weight is 410 g/mol. The number of benzene rings is 2. The molecule has 0 spiro atoms. The average Bonchev–Trinajstić information content (AvgIpc) is 2.58. The van der Waals surface area contributed by atoms with E-state index in [2.05, 4.69) is 40.2 Å². The van der Waals surface area contributed by atoms with Gasteiger partial charge in [-0.15, -0.1) is 0 Å². The molecule has 1 aliphatic heterocycles. The lowest BCUT2D eigenvalue weighted by Crippen LogP contribution is -3.13.